The van der Waals surface area contributed by atoms with E-state index in [9.17, 15) is 10.5 Å². The fourth-order valence-electron chi connectivity index (χ4n) is 7.22. The van der Waals surface area contributed by atoms with Crippen molar-refractivity contribution in [2.75, 3.05) is 0 Å². The summed E-state index contributed by atoms with van der Waals surface area (Å²) in [6, 6.07) is 54.9. The molecule has 0 amide bonds. The van der Waals surface area contributed by atoms with Crippen LogP contribution < -0.4 is 0 Å². The lowest BCUT2D eigenvalue weighted by Gasteiger charge is -2.13. The minimum Gasteiger partial charge on any atom is -0.309 e. The third-order valence-electron chi connectivity index (χ3n) is 9.16. The number of para-hydroxylation sites is 2. The average Bonchev–Trinajstić information content (AvgIpc) is 3.64. The second-order valence-corrected chi connectivity index (χ2v) is 11.6. The van der Waals surface area contributed by atoms with Crippen molar-refractivity contribution in [2.45, 2.75) is 0 Å². The monoisotopic (exact) mass is 584 g/mol. The van der Waals surface area contributed by atoms with Gasteiger partial charge in [-0.15, -0.1) is 0 Å². The number of rotatable bonds is 3. The van der Waals surface area contributed by atoms with E-state index >= 15 is 0 Å². The summed E-state index contributed by atoms with van der Waals surface area (Å²) >= 11 is 0. The summed E-state index contributed by atoms with van der Waals surface area (Å²) in [6.07, 6.45) is 0. The fourth-order valence-corrected chi connectivity index (χ4v) is 7.22. The molecule has 0 saturated heterocycles. The number of nitrogens with zero attached hydrogens (tertiary/aromatic N) is 4. The lowest BCUT2D eigenvalue weighted by atomic mass is 9.95. The van der Waals surface area contributed by atoms with Crippen LogP contribution in [-0.2, 0) is 0 Å². The van der Waals surface area contributed by atoms with Gasteiger partial charge in [0, 0.05) is 38.5 Å². The number of aromatic nitrogens is 2. The Balaban J connectivity index is 1.41. The molecule has 0 radical (unpaired) electrons. The Morgan fingerprint density at radius 3 is 1.87 bits per heavy atom. The number of benzene rings is 7. The molecule has 2 heterocycles. The van der Waals surface area contributed by atoms with Gasteiger partial charge in [-0.05, 0) is 70.9 Å². The van der Waals surface area contributed by atoms with Crippen molar-refractivity contribution in [3.05, 3.63) is 157 Å². The second kappa shape index (κ2) is 9.96. The maximum atomic E-state index is 9.94. The molecule has 4 heteroatoms. The Labute approximate surface area is 264 Å². The highest BCUT2D eigenvalue weighted by Gasteiger charge is 2.21. The molecule has 9 rings (SSSR count). The SMILES string of the molecule is N#Cc1cccc(C#N)c1-c1cccc(-n2c3ccccc3c3ccc4c(c5ccccc5n4-c4ccc5ccccc5c4)c32)c1. The molecular weight excluding hydrogens is 560 g/mol. The van der Waals surface area contributed by atoms with Crippen LogP contribution in [0.1, 0.15) is 11.1 Å². The quantitative estimate of drug-likeness (QED) is 0.207. The maximum Gasteiger partial charge on any atom is 0.0998 e. The van der Waals surface area contributed by atoms with E-state index in [2.05, 4.69) is 137 Å². The molecule has 0 saturated carbocycles. The van der Waals surface area contributed by atoms with Crippen LogP contribution in [0.5, 0.6) is 0 Å². The van der Waals surface area contributed by atoms with Crippen LogP contribution in [0, 0.1) is 22.7 Å². The van der Waals surface area contributed by atoms with Crippen LogP contribution in [0.4, 0.5) is 0 Å². The molecule has 0 fully saturated rings. The molecular formula is C42H24N4. The minimum atomic E-state index is 0.485. The molecule has 0 aliphatic carbocycles. The summed E-state index contributed by atoms with van der Waals surface area (Å²) in [6.45, 7) is 0. The normalized spacial score (nSPS) is 11.4. The van der Waals surface area contributed by atoms with Gasteiger partial charge in [0.1, 0.15) is 0 Å². The van der Waals surface area contributed by atoms with Gasteiger partial charge >= 0.3 is 0 Å². The Morgan fingerprint density at radius 1 is 0.435 bits per heavy atom. The van der Waals surface area contributed by atoms with E-state index in [1.54, 1.807) is 18.2 Å². The molecule has 4 nitrogen and oxygen atoms in total. The van der Waals surface area contributed by atoms with Crippen molar-refractivity contribution in [1.82, 2.24) is 9.13 Å². The fraction of sp³-hybridized carbons (Fsp3) is 0. The molecule has 212 valence electrons. The van der Waals surface area contributed by atoms with Gasteiger partial charge in [0.25, 0.3) is 0 Å². The largest absolute Gasteiger partial charge is 0.309 e. The first-order chi connectivity index (χ1) is 22.7. The van der Waals surface area contributed by atoms with Crippen molar-refractivity contribution in [3.8, 4) is 34.6 Å². The summed E-state index contributed by atoms with van der Waals surface area (Å²) < 4.78 is 4.71. The highest BCUT2D eigenvalue weighted by Crippen LogP contribution is 2.42. The third kappa shape index (κ3) is 3.65. The molecule has 0 aliphatic heterocycles. The average molecular weight is 585 g/mol. The Morgan fingerprint density at radius 2 is 1.09 bits per heavy atom. The maximum absolute atomic E-state index is 9.94. The van der Waals surface area contributed by atoms with Crippen molar-refractivity contribution in [3.63, 3.8) is 0 Å². The highest BCUT2D eigenvalue weighted by molar-refractivity contribution is 6.26. The summed E-state index contributed by atoms with van der Waals surface area (Å²) in [5, 5.41) is 27.0. The second-order valence-electron chi connectivity index (χ2n) is 11.6. The minimum absolute atomic E-state index is 0.485. The number of hydrogen-bond donors (Lipinski definition) is 0. The van der Waals surface area contributed by atoms with Gasteiger partial charge in [0.15, 0.2) is 0 Å². The van der Waals surface area contributed by atoms with Crippen molar-refractivity contribution in [2.24, 2.45) is 0 Å². The summed E-state index contributed by atoms with van der Waals surface area (Å²) in [5.41, 5.74) is 9.05. The van der Waals surface area contributed by atoms with Crippen LogP contribution >= 0.6 is 0 Å². The lowest BCUT2D eigenvalue weighted by Crippen LogP contribution is -1.97. The van der Waals surface area contributed by atoms with Crippen molar-refractivity contribution < 1.29 is 0 Å². The van der Waals surface area contributed by atoms with Gasteiger partial charge in [-0.2, -0.15) is 10.5 Å². The van der Waals surface area contributed by atoms with E-state index in [1.807, 2.05) is 12.1 Å². The van der Waals surface area contributed by atoms with E-state index in [0.29, 0.717) is 16.7 Å². The summed E-state index contributed by atoms with van der Waals surface area (Å²) in [7, 11) is 0. The molecule has 0 unspecified atom stereocenters. The Bertz CT molecular complexity index is 2750. The first kappa shape index (κ1) is 25.8. The smallest absolute Gasteiger partial charge is 0.0998 e. The number of nitriles is 2. The van der Waals surface area contributed by atoms with Gasteiger partial charge in [0.2, 0.25) is 0 Å². The summed E-state index contributed by atoms with van der Waals surface area (Å²) in [5.74, 6) is 0. The first-order valence-electron chi connectivity index (χ1n) is 15.2. The van der Waals surface area contributed by atoms with E-state index in [1.165, 1.54) is 32.3 Å². The van der Waals surface area contributed by atoms with E-state index < -0.39 is 0 Å². The molecule has 9 aromatic rings. The Hall–Kier alpha value is -6.62. The zero-order valence-corrected chi connectivity index (χ0v) is 24.6. The molecule has 0 bridgehead atoms. The van der Waals surface area contributed by atoms with Crippen LogP contribution in [-0.4, -0.2) is 9.13 Å². The molecule has 0 N–H and O–H groups in total. The van der Waals surface area contributed by atoms with Crippen molar-refractivity contribution in [1.29, 1.82) is 10.5 Å². The molecule has 2 aromatic heterocycles. The van der Waals surface area contributed by atoms with Gasteiger partial charge in [-0.1, -0.05) is 91.0 Å². The molecule has 0 atom stereocenters. The topological polar surface area (TPSA) is 57.4 Å². The molecule has 0 spiro atoms. The van der Waals surface area contributed by atoms with Crippen LogP contribution in [0.15, 0.2) is 146 Å². The zero-order chi connectivity index (χ0) is 30.8. The van der Waals surface area contributed by atoms with Crippen molar-refractivity contribution >= 4 is 54.4 Å². The third-order valence-corrected chi connectivity index (χ3v) is 9.16. The molecule has 7 aromatic carbocycles. The predicted molar refractivity (Wildman–Crippen MR) is 187 cm³/mol. The number of fused-ring (bicyclic) bond motifs is 8. The zero-order valence-electron chi connectivity index (χ0n) is 24.6. The van der Waals surface area contributed by atoms with Gasteiger partial charge in [-0.3, -0.25) is 0 Å². The predicted octanol–water partition coefficient (Wildman–Crippen LogP) is 10.4. The molecule has 46 heavy (non-hydrogen) atoms. The Kier molecular flexibility index (Phi) is 5.59. The standard InChI is InChI=1S/C42H24N4/c43-25-30-12-7-13-31(26-44)40(30)29-11-8-14-32(24-29)46-37-17-5-3-15-34(37)35-21-22-39-41(42(35)46)36-16-4-6-18-38(36)45(39)33-20-19-27-9-1-2-10-28(27)23-33/h1-24H. The lowest BCUT2D eigenvalue weighted by molar-refractivity contribution is 1.18. The van der Waals surface area contributed by atoms with E-state index in [0.717, 1.165) is 39.0 Å². The van der Waals surface area contributed by atoms with Crippen LogP contribution in [0.25, 0.3) is 76.9 Å². The molecule has 0 aliphatic rings. The van der Waals surface area contributed by atoms with Gasteiger partial charge in [0.05, 0.1) is 45.3 Å². The highest BCUT2D eigenvalue weighted by atomic mass is 15.0. The van der Waals surface area contributed by atoms with Crippen LogP contribution in [0.2, 0.25) is 0 Å². The first-order valence-corrected chi connectivity index (χ1v) is 15.2. The number of hydrogen-bond acceptors (Lipinski definition) is 2. The van der Waals surface area contributed by atoms with Gasteiger partial charge < -0.3 is 9.13 Å². The summed E-state index contributed by atoms with van der Waals surface area (Å²) in [4.78, 5) is 0. The van der Waals surface area contributed by atoms with E-state index in [4.69, 9.17) is 0 Å². The van der Waals surface area contributed by atoms with Gasteiger partial charge in [-0.25, -0.2) is 0 Å². The van der Waals surface area contributed by atoms with E-state index in [-0.39, 0.29) is 0 Å². The van der Waals surface area contributed by atoms with Crippen LogP contribution in [0.3, 0.4) is 0 Å².